The van der Waals surface area contributed by atoms with E-state index in [-0.39, 0.29) is 12.5 Å². The Morgan fingerprint density at radius 2 is 1.05 bits per heavy atom. The van der Waals surface area contributed by atoms with Crippen LogP contribution in [0.5, 0.6) is 0 Å². The molecule has 0 aromatic rings. The lowest BCUT2D eigenvalue weighted by Crippen LogP contribution is -2.43. The van der Waals surface area contributed by atoms with Crippen LogP contribution in [-0.4, -0.2) is 79.7 Å². The van der Waals surface area contributed by atoms with Crippen molar-refractivity contribution in [3.63, 3.8) is 0 Å². The number of amides is 1. The van der Waals surface area contributed by atoms with Crippen molar-refractivity contribution in [3.05, 3.63) is 0 Å². The summed E-state index contributed by atoms with van der Waals surface area (Å²) in [6, 6.07) is 0. The van der Waals surface area contributed by atoms with Gasteiger partial charge in [-0.3, -0.25) is 19.8 Å². The molecule has 0 heterocycles. The normalized spacial score (nSPS) is 11.1. The molecule has 11 nitrogen and oxygen atoms in total. The molecule has 0 fully saturated rings. The highest BCUT2D eigenvalue weighted by atomic mass is 16.4. The van der Waals surface area contributed by atoms with E-state index in [2.05, 4.69) is 12.3 Å². The highest BCUT2D eigenvalue weighted by molar-refractivity contribution is 5.88. The van der Waals surface area contributed by atoms with Gasteiger partial charge in [0.25, 0.3) is 0 Å². The summed E-state index contributed by atoms with van der Waals surface area (Å²) in [7, 11) is 0. The van der Waals surface area contributed by atoms with Crippen LogP contribution in [0, 0.1) is 0 Å². The molecule has 0 aromatic carbocycles. The Morgan fingerprint density at radius 1 is 0.667 bits per heavy atom. The molecule has 39 heavy (non-hydrogen) atoms. The number of carbonyl (C=O) groups excluding carboxylic acids is 1. The summed E-state index contributed by atoms with van der Waals surface area (Å²) < 4.78 is 0. The number of likely N-dealkylation sites (N-methyl/N-ethyl adjacent to an activating group) is 1. The molecule has 230 valence electrons. The number of aliphatic hydroxyl groups excluding tert-OH is 1. The van der Waals surface area contributed by atoms with E-state index < -0.39 is 36.4 Å². The number of hydrogen-bond acceptors (Lipinski definition) is 7. The zero-order valence-electron chi connectivity index (χ0n) is 24.2. The molecule has 0 saturated heterocycles. The Kier molecular flexibility index (Phi) is 25.9. The highest BCUT2D eigenvalue weighted by Gasteiger charge is 2.40. The molecule has 1 amide bonds. The van der Waals surface area contributed by atoms with E-state index >= 15 is 0 Å². The molecular formula is C28H54N2O9. The van der Waals surface area contributed by atoms with Crippen molar-refractivity contribution < 1.29 is 44.7 Å². The summed E-state index contributed by atoms with van der Waals surface area (Å²) >= 11 is 0. The first-order valence-corrected chi connectivity index (χ1v) is 14.6. The number of carboxylic acids is 3. The minimum absolute atomic E-state index is 0.0765. The second kappa shape index (κ2) is 26.0. The van der Waals surface area contributed by atoms with Crippen LogP contribution in [0.15, 0.2) is 0 Å². The van der Waals surface area contributed by atoms with E-state index in [1.807, 2.05) is 6.92 Å². The van der Waals surface area contributed by atoms with Crippen LogP contribution in [0.25, 0.3) is 0 Å². The molecule has 0 spiro atoms. The third-order valence-corrected chi connectivity index (χ3v) is 6.33. The van der Waals surface area contributed by atoms with Crippen LogP contribution in [0.2, 0.25) is 0 Å². The summed E-state index contributed by atoms with van der Waals surface area (Å²) in [5.74, 6) is -4.94. The summed E-state index contributed by atoms with van der Waals surface area (Å²) in [5, 5.41) is 44.5. The number of hydrogen-bond donors (Lipinski definition) is 6. The molecule has 11 heteroatoms. The van der Waals surface area contributed by atoms with Gasteiger partial charge >= 0.3 is 17.9 Å². The fourth-order valence-electron chi connectivity index (χ4n) is 4.02. The average Bonchev–Trinajstić information content (AvgIpc) is 2.85. The van der Waals surface area contributed by atoms with Crippen LogP contribution in [0.3, 0.4) is 0 Å². The van der Waals surface area contributed by atoms with Crippen molar-refractivity contribution in [3.8, 4) is 0 Å². The zero-order chi connectivity index (χ0) is 29.9. The second-order valence-electron chi connectivity index (χ2n) is 10.0. The van der Waals surface area contributed by atoms with Gasteiger partial charge in [-0.05, 0) is 6.42 Å². The third-order valence-electron chi connectivity index (χ3n) is 6.33. The molecule has 0 aliphatic carbocycles. The lowest BCUT2D eigenvalue weighted by atomic mass is 9.96. The van der Waals surface area contributed by atoms with Crippen molar-refractivity contribution >= 4 is 23.8 Å². The molecule has 6 N–H and O–H groups in total. The van der Waals surface area contributed by atoms with Crippen LogP contribution >= 0.6 is 0 Å². The van der Waals surface area contributed by atoms with Gasteiger partial charge in [0.05, 0.1) is 19.4 Å². The van der Waals surface area contributed by atoms with Crippen molar-refractivity contribution in [2.24, 2.45) is 0 Å². The van der Waals surface area contributed by atoms with Crippen molar-refractivity contribution in [1.82, 2.24) is 10.4 Å². The van der Waals surface area contributed by atoms with Gasteiger partial charge in [-0.25, -0.2) is 9.80 Å². The van der Waals surface area contributed by atoms with Crippen molar-refractivity contribution in [2.75, 3.05) is 19.7 Å². The topological polar surface area (TPSA) is 185 Å². The number of nitrogens with zero attached hydrogens (tertiary/aromatic N) is 1. The standard InChI is InChI=1S/C22H46N2O2.C6H8O7/c1-3-5-6-7-8-9-10-11-12-13-14-15-16-17-18-19-22(26)23-24(4-2)20-21-25;7-3(8)1-6(13,5(11)12)2-4(9)10/h25H,3-21H2,1-2H3,(H,23,26);13H,1-2H2,(H,7,8)(H,9,10)(H,11,12). The van der Waals surface area contributed by atoms with Crippen LogP contribution in [0.1, 0.15) is 129 Å². The van der Waals surface area contributed by atoms with Gasteiger partial charge in [0, 0.05) is 19.5 Å². The number of rotatable bonds is 25. The minimum Gasteiger partial charge on any atom is -0.481 e. The molecule has 0 radical (unpaired) electrons. The van der Waals surface area contributed by atoms with Gasteiger partial charge in [0.1, 0.15) is 0 Å². The molecule has 0 aliphatic rings. The molecule has 0 bridgehead atoms. The second-order valence-corrected chi connectivity index (χ2v) is 10.0. The van der Waals surface area contributed by atoms with Crippen molar-refractivity contribution in [1.29, 1.82) is 0 Å². The highest BCUT2D eigenvalue weighted by Crippen LogP contribution is 2.16. The summed E-state index contributed by atoms with van der Waals surface area (Å²) in [6.07, 6.45) is 18.4. The Bertz CT molecular complexity index is 643. The largest absolute Gasteiger partial charge is 0.481 e. The van der Waals surface area contributed by atoms with Crippen LogP contribution in [-0.2, 0) is 19.2 Å². The fraction of sp³-hybridized carbons (Fsp3) is 0.857. The number of hydrazine groups is 1. The molecule has 0 unspecified atom stereocenters. The summed E-state index contributed by atoms with van der Waals surface area (Å²) in [4.78, 5) is 42.3. The first kappa shape index (κ1) is 38.9. The maximum atomic E-state index is 11.8. The lowest BCUT2D eigenvalue weighted by molar-refractivity contribution is -0.170. The number of aliphatic hydroxyl groups is 2. The van der Waals surface area contributed by atoms with Gasteiger partial charge in [-0.2, -0.15) is 0 Å². The smallest absolute Gasteiger partial charge is 0.336 e. The van der Waals surface area contributed by atoms with Gasteiger partial charge < -0.3 is 25.5 Å². The third kappa shape index (κ3) is 25.8. The minimum atomic E-state index is -2.74. The number of aliphatic carboxylic acids is 3. The molecule has 0 saturated carbocycles. The number of nitrogens with one attached hydrogen (secondary N) is 1. The predicted octanol–water partition coefficient (Wildman–Crippen LogP) is 4.34. The lowest BCUT2D eigenvalue weighted by Gasteiger charge is -2.20. The quantitative estimate of drug-likeness (QED) is 0.0690. The first-order valence-electron chi connectivity index (χ1n) is 14.6. The Hall–Kier alpha value is -2.24. The molecule has 0 aromatic heterocycles. The Morgan fingerprint density at radius 3 is 1.36 bits per heavy atom. The molecule has 0 rings (SSSR count). The molecule has 0 aliphatic heterocycles. The summed E-state index contributed by atoms with van der Waals surface area (Å²) in [5.41, 5.74) is 0.113. The summed E-state index contributed by atoms with van der Waals surface area (Å²) in [6.45, 7) is 5.56. The first-order chi connectivity index (χ1) is 18.5. The average molecular weight is 563 g/mol. The van der Waals surface area contributed by atoms with E-state index in [0.29, 0.717) is 13.0 Å². The van der Waals surface area contributed by atoms with E-state index in [1.165, 1.54) is 83.5 Å². The van der Waals surface area contributed by atoms with E-state index in [4.69, 9.17) is 25.5 Å². The van der Waals surface area contributed by atoms with E-state index in [9.17, 15) is 19.2 Å². The molecule has 0 atom stereocenters. The monoisotopic (exact) mass is 562 g/mol. The fourth-order valence-corrected chi connectivity index (χ4v) is 4.02. The van der Waals surface area contributed by atoms with Crippen molar-refractivity contribution in [2.45, 2.75) is 135 Å². The predicted molar refractivity (Wildman–Crippen MR) is 149 cm³/mol. The number of carbonyl (C=O) groups is 4. The maximum Gasteiger partial charge on any atom is 0.336 e. The maximum absolute atomic E-state index is 11.8. The van der Waals surface area contributed by atoms with Crippen LogP contribution < -0.4 is 5.43 Å². The Balaban J connectivity index is 0. The van der Waals surface area contributed by atoms with Gasteiger partial charge in [-0.1, -0.05) is 104 Å². The number of carboxylic acid groups (broad SMARTS) is 3. The number of unbranched alkanes of at least 4 members (excludes halogenated alkanes) is 14. The molecular weight excluding hydrogens is 508 g/mol. The van der Waals surface area contributed by atoms with Gasteiger partial charge in [-0.15, -0.1) is 0 Å². The van der Waals surface area contributed by atoms with Crippen LogP contribution in [0.4, 0.5) is 0 Å². The van der Waals surface area contributed by atoms with Gasteiger partial charge in [0.2, 0.25) is 5.91 Å². The zero-order valence-corrected chi connectivity index (χ0v) is 24.2. The van der Waals surface area contributed by atoms with E-state index in [0.717, 1.165) is 19.4 Å². The SMILES string of the molecule is CCCCCCCCCCCCCCCCCC(=O)NN(CC)CCO.O=C(O)CC(O)(CC(=O)O)C(=O)O. The Labute approximate surface area is 233 Å². The van der Waals surface area contributed by atoms with E-state index in [1.54, 1.807) is 5.01 Å². The van der Waals surface area contributed by atoms with Gasteiger partial charge in [0.15, 0.2) is 5.60 Å².